The standard InChI is InChI=1S/C20H25N3O3S/c21-14-16-6-8-18(9-7-16)20(24)22-19-10-12-23(13-11-19)27(25,26)15-17-4-2-1-3-5-17/h1-9,19H,10-15,21H2,(H,22,24). The Morgan fingerprint density at radius 3 is 2.22 bits per heavy atom. The molecule has 0 aromatic heterocycles. The molecule has 1 aliphatic rings. The summed E-state index contributed by atoms with van der Waals surface area (Å²) in [5.74, 6) is -0.123. The van der Waals surface area contributed by atoms with E-state index in [9.17, 15) is 13.2 Å². The molecule has 1 amide bonds. The number of hydrogen-bond donors (Lipinski definition) is 2. The molecule has 1 aliphatic heterocycles. The molecule has 0 atom stereocenters. The Balaban J connectivity index is 1.53. The van der Waals surface area contributed by atoms with Crippen molar-refractivity contribution in [2.75, 3.05) is 13.1 Å². The maximum Gasteiger partial charge on any atom is 0.251 e. The van der Waals surface area contributed by atoms with Crippen LogP contribution in [0.2, 0.25) is 0 Å². The van der Waals surface area contributed by atoms with Crippen molar-refractivity contribution in [3.8, 4) is 0 Å². The monoisotopic (exact) mass is 387 g/mol. The number of nitrogens with one attached hydrogen (secondary N) is 1. The lowest BCUT2D eigenvalue weighted by Crippen LogP contribution is -2.46. The van der Waals surface area contributed by atoms with Crippen molar-refractivity contribution in [3.05, 3.63) is 71.3 Å². The van der Waals surface area contributed by atoms with Gasteiger partial charge in [0.15, 0.2) is 0 Å². The van der Waals surface area contributed by atoms with Crippen LogP contribution in [0.3, 0.4) is 0 Å². The van der Waals surface area contributed by atoms with Crippen LogP contribution >= 0.6 is 0 Å². The van der Waals surface area contributed by atoms with E-state index in [1.54, 1.807) is 12.1 Å². The second-order valence-corrected chi connectivity index (χ2v) is 8.76. The second-order valence-electron chi connectivity index (χ2n) is 6.79. The van der Waals surface area contributed by atoms with Gasteiger partial charge in [-0.3, -0.25) is 4.79 Å². The Morgan fingerprint density at radius 2 is 1.63 bits per heavy atom. The molecule has 0 aliphatic carbocycles. The highest BCUT2D eigenvalue weighted by Crippen LogP contribution is 2.18. The lowest BCUT2D eigenvalue weighted by atomic mass is 10.1. The van der Waals surface area contributed by atoms with E-state index in [1.165, 1.54) is 4.31 Å². The van der Waals surface area contributed by atoms with Gasteiger partial charge in [0.2, 0.25) is 10.0 Å². The maximum absolute atomic E-state index is 12.6. The molecule has 144 valence electrons. The highest BCUT2D eigenvalue weighted by molar-refractivity contribution is 7.88. The average molecular weight is 388 g/mol. The minimum absolute atomic E-state index is 0.0123. The molecule has 1 heterocycles. The van der Waals surface area contributed by atoms with Crippen LogP contribution in [0.4, 0.5) is 0 Å². The van der Waals surface area contributed by atoms with Gasteiger partial charge in [0, 0.05) is 31.2 Å². The molecule has 6 nitrogen and oxygen atoms in total. The Hall–Kier alpha value is -2.22. The first-order valence-corrected chi connectivity index (χ1v) is 10.7. The molecular weight excluding hydrogens is 362 g/mol. The summed E-state index contributed by atoms with van der Waals surface area (Å²) in [6, 6.07) is 16.4. The summed E-state index contributed by atoms with van der Waals surface area (Å²) in [6.07, 6.45) is 1.22. The van der Waals surface area contributed by atoms with Crippen molar-refractivity contribution < 1.29 is 13.2 Å². The van der Waals surface area contributed by atoms with Crippen LogP contribution in [0.5, 0.6) is 0 Å². The predicted molar refractivity (Wildman–Crippen MR) is 105 cm³/mol. The molecule has 3 N–H and O–H groups in total. The van der Waals surface area contributed by atoms with E-state index in [0.29, 0.717) is 38.0 Å². The van der Waals surface area contributed by atoms with Crippen LogP contribution in [-0.2, 0) is 22.3 Å². The number of benzene rings is 2. The van der Waals surface area contributed by atoms with Gasteiger partial charge in [0.25, 0.3) is 5.91 Å². The minimum atomic E-state index is -3.34. The Morgan fingerprint density at radius 1 is 1.00 bits per heavy atom. The number of hydrogen-bond acceptors (Lipinski definition) is 4. The number of nitrogens with two attached hydrogens (primary N) is 1. The van der Waals surface area contributed by atoms with Crippen LogP contribution in [0.25, 0.3) is 0 Å². The van der Waals surface area contributed by atoms with Crippen molar-refractivity contribution in [3.63, 3.8) is 0 Å². The first kappa shape index (κ1) is 19.5. The van der Waals surface area contributed by atoms with Gasteiger partial charge in [-0.25, -0.2) is 12.7 Å². The summed E-state index contributed by atoms with van der Waals surface area (Å²) in [6.45, 7) is 1.29. The summed E-state index contributed by atoms with van der Waals surface area (Å²) in [7, 11) is -3.34. The molecule has 0 bridgehead atoms. The van der Waals surface area contributed by atoms with E-state index in [2.05, 4.69) is 5.32 Å². The zero-order valence-electron chi connectivity index (χ0n) is 15.2. The fourth-order valence-corrected chi connectivity index (χ4v) is 4.78. The quantitative estimate of drug-likeness (QED) is 0.791. The summed E-state index contributed by atoms with van der Waals surface area (Å²) in [4.78, 5) is 12.4. The van der Waals surface area contributed by atoms with Crippen LogP contribution in [0, 0.1) is 0 Å². The number of carbonyl (C=O) groups is 1. The van der Waals surface area contributed by atoms with Gasteiger partial charge >= 0.3 is 0 Å². The van der Waals surface area contributed by atoms with Gasteiger partial charge in [0.05, 0.1) is 5.75 Å². The molecule has 1 saturated heterocycles. The third-order valence-corrected chi connectivity index (χ3v) is 6.68. The fourth-order valence-electron chi connectivity index (χ4n) is 3.22. The average Bonchev–Trinajstić information content (AvgIpc) is 2.69. The zero-order chi connectivity index (χ0) is 19.3. The molecule has 3 rings (SSSR count). The minimum Gasteiger partial charge on any atom is -0.349 e. The molecule has 2 aromatic carbocycles. The third kappa shape index (κ3) is 5.15. The van der Waals surface area contributed by atoms with Crippen molar-refractivity contribution in [1.82, 2.24) is 9.62 Å². The number of rotatable bonds is 6. The number of amides is 1. The summed E-state index contributed by atoms with van der Waals surface area (Å²) >= 11 is 0. The van der Waals surface area contributed by atoms with Gasteiger partial charge in [-0.1, -0.05) is 42.5 Å². The molecule has 1 fully saturated rings. The molecule has 0 saturated carbocycles. The Labute approximate surface area is 160 Å². The van der Waals surface area contributed by atoms with Gasteiger partial charge in [-0.15, -0.1) is 0 Å². The number of sulfonamides is 1. The molecule has 27 heavy (non-hydrogen) atoms. The second kappa shape index (κ2) is 8.65. The maximum atomic E-state index is 12.6. The van der Waals surface area contributed by atoms with E-state index >= 15 is 0 Å². The number of carbonyl (C=O) groups excluding carboxylic acids is 1. The van der Waals surface area contributed by atoms with Crippen molar-refractivity contribution in [2.24, 2.45) is 5.73 Å². The number of piperidine rings is 1. The van der Waals surface area contributed by atoms with Crippen LogP contribution in [-0.4, -0.2) is 37.8 Å². The molecule has 0 unspecified atom stereocenters. The van der Waals surface area contributed by atoms with Gasteiger partial charge in [0.1, 0.15) is 0 Å². The lowest BCUT2D eigenvalue weighted by Gasteiger charge is -2.31. The smallest absolute Gasteiger partial charge is 0.251 e. The van der Waals surface area contributed by atoms with E-state index in [1.807, 2.05) is 42.5 Å². The summed E-state index contributed by atoms with van der Waals surface area (Å²) < 4.78 is 26.7. The summed E-state index contributed by atoms with van der Waals surface area (Å²) in [5, 5.41) is 3.00. The number of nitrogens with zero attached hydrogens (tertiary/aromatic N) is 1. The first-order chi connectivity index (χ1) is 13.0. The van der Waals surface area contributed by atoms with Crippen molar-refractivity contribution in [1.29, 1.82) is 0 Å². The molecule has 0 radical (unpaired) electrons. The highest BCUT2D eigenvalue weighted by Gasteiger charge is 2.28. The van der Waals surface area contributed by atoms with E-state index in [0.717, 1.165) is 11.1 Å². The molecule has 7 heteroatoms. The lowest BCUT2D eigenvalue weighted by molar-refractivity contribution is 0.0924. The largest absolute Gasteiger partial charge is 0.349 e. The van der Waals surface area contributed by atoms with Crippen molar-refractivity contribution >= 4 is 15.9 Å². The fraction of sp³-hybridized carbons (Fsp3) is 0.350. The Kier molecular flexibility index (Phi) is 6.26. The van der Waals surface area contributed by atoms with Gasteiger partial charge in [-0.05, 0) is 36.1 Å². The van der Waals surface area contributed by atoms with E-state index in [4.69, 9.17) is 5.73 Å². The van der Waals surface area contributed by atoms with Crippen LogP contribution in [0.15, 0.2) is 54.6 Å². The molecule has 0 spiro atoms. The third-order valence-electron chi connectivity index (χ3n) is 4.83. The predicted octanol–water partition coefficient (Wildman–Crippen LogP) is 1.87. The van der Waals surface area contributed by atoms with Crippen LogP contribution < -0.4 is 11.1 Å². The van der Waals surface area contributed by atoms with E-state index < -0.39 is 10.0 Å². The first-order valence-electron chi connectivity index (χ1n) is 9.09. The topological polar surface area (TPSA) is 92.5 Å². The Bertz CT molecular complexity index is 859. The van der Waals surface area contributed by atoms with Crippen LogP contribution in [0.1, 0.15) is 34.3 Å². The molecular formula is C20H25N3O3S. The van der Waals surface area contributed by atoms with E-state index in [-0.39, 0.29) is 17.7 Å². The molecule has 2 aromatic rings. The van der Waals surface area contributed by atoms with Crippen molar-refractivity contribution in [2.45, 2.75) is 31.2 Å². The zero-order valence-corrected chi connectivity index (χ0v) is 16.0. The normalized spacial score (nSPS) is 16.2. The summed E-state index contributed by atoms with van der Waals surface area (Å²) in [5.41, 5.74) is 7.92. The SMILES string of the molecule is NCc1ccc(C(=O)NC2CCN(S(=O)(=O)Cc3ccccc3)CC2)cc1. The van der Waals surface area contributed by atoms with Gasteiger partial charge in [-0.2, -0.15) is 0 Å². The van der Waals surface area contributed by atoms with Gasteiger partial charge < -0.3 is 11.1 Å². The highest BCUT2D eigenvalue weighted by atomic mass is 32.2.